The highest BCUT2D eigenvalue weighted by Crippen LogP contribution is 2.61. The van der Waals surface area contributed by atoms with E-state index >= 15 is 0 Å². The van der Waals surface area contributed by atoms with Gasteiger partial charge in [-0.2, -0.15) is 0 Å². The van der Waals surface area contributed by atoms with Crippen LogP contribution in [0.4, 0.5) is 0 Å². The molecule has 1 atom stereocenters. The van der Waals surface area contributed by atoms with Gasteiger partial charge in [0.05, 0.1) is 11.7 Å². The lowest BCUT2D eigenvalue weighted by Crippen LogP contribution is -2.59. The third-order valence-electron chi connectivity index (χ3n) is 5.99. The molecule has 3 fully saturated rings. The molecule has 3 aliphatic carbocycles. The normalized spacial score (nSPS) is 24.1. The summed E-state index contributed by atoms with van der Waals surface area (Å²) in [5.41, 5.74) is 1.35. The largest absolute Gasteiger partial charge is 0.451 e. The number of aromatic nitrogens is 4. The van der Waals surface area contributed by atoms with E-state index in [0.29, 0.717) is 11.1 Å². The summed E-state index contributed by atoms with van der Waals surface area (Å²) < 4.78 is 9.09. The number of aryl methyl sites for hydroxylation is 1. The van der Waals surface area contributed by atoms with E-state index in [0.717, 1.165) is 36.1 Å². The molecule has 0 aliphatic heterocycles. The molecule has 0 N–H and O–H groups in total. The van der Waals surface area contributed by atoms with Crippen LogP contribution in [0.15, 0.2) is 41.5 Å². The van der Waals surface area contributed by atoms with Crippen molar-refractivity contribution < 1.29 is 9.53 Å². The lowest BCUT2D eigenvalue weighted by Gasteiger charge is -2.61. The Hall–Kier alpha value is -2.96. The van der Waals surface area contributed by atoms with E-state index in [2.05, 4.69) is 10.3 Å². The van der Waals surface area contributed by atoms with Crippen molar-refractivity contribution in [1.29, 1.82) is 0 Å². The molecule has 3 aliphatic rings. The first kappa shape index (κ1) is 16.2. The Morgan fingerprint density at radius 3 is 2.70 bits per heavy atom. The number of carbonyl (C=O) groups excluding carboxylic acids is 1. The Labute approximate surface area is 155 Å². The van der Waals surface area contributed by atoms with Crippen molar-refractivity contribution in [2.75, 3.05) is 0 Å². The SMILES string of the molecule is CC(=O)OC(c1cn(C23CC(C2)C3)nn1)c1cccc2c(=O)n(C)ccc12. The zero-order valence-electron chi connectivity index (χ0n) is 15.3. The van der Waals surface area contributed by atoms with Crippen LogP contribution in [0.5, 0.6) is 0 Å². The molecule has 0 radical (unpaired) electrons. The highest BCUT2D eigenvalue weighted by Gasteiger charge is 2.59. The molecular formula is C20H20N4O3. The van der Waals surface area contributed by atoms with Crippen molar-refractivity contribution in [3.8, 4) is 0 Å². The minimum Gasteiger partial charge on any atom is -0.451 e. The second kappa shape index (κ2) is 5.52. The van der Waals surface area contributed by atoms with Gasteiger partial charge in [0.1, 0.15) is 5.69 Å². The van der Waals surface area contributed by atoms with Crippen LogP contribution in [0, 0.1) is 5.92 Å². The second-order valence-electron chi connectivity index (χ2n) is 7.82. The maximum Gasteiger partial charge on any atom is 0.303 e. The van der Waals surface area contributed by atoms with Gasteiger partial charge in [-0.1, -0.05) is 17.3 Å². The number of nitrogens with zero attached hydrogens (tertiary/aromatic N) is 4. The van der Waals surface area contributed by atoms with E-state index in [1.54, 1.807) is 25.4 Å². The Balaban J connectivity index is 1.62. The first-order chi connectivity index (χ1) is 13.0. The standard InChI is InChI=1S/C20H20N4O3/c1-12(25)27-18(17-11-24(22-21-17)20-8-13(9-20)10-20)15-4-3-5-16-14(15)6-7-23(2)19(16)26/h3-7,11,13,18H,8-10H2,1-2H3. The van der Waals surface area contributed by atoms with Gasteiger partial charge in [0, 0.05) is 31.1 Å². The highest BCUT2D eigenvalue weighted by molar-refractivity contribution is 5.85. The number of benzene rings is 1. The lowest BCUT2D eigenvalue weighted by atomic mass is 9.50. The summed E-state index contributed by atoms with van der Waals surface area (Å²) in [5.74, 6) is 0.428. The van der Waals surface area contributed by atoms with Crippen LogP contribution in [-0.2, 0) is 22.1 Å². The second-order valence-corrected chi connectivity index (χ2v) is 7.82. The van der Waals surface area contributed by atoms with Crippen molar-refractivity contribution in [1.82, 2.24) is 19.6 Å². The quantitative estimate of drug-likeness (QED) is 0.664. The van der Waals surface area contributed by atoms with Crippen LogP contribution in [-0.4, -0.2) is 25.5 Å². The summed E-state index contributed by atoms with van der Waals surface area (Å²) >= 11 is 0. The zero-order valence-corrected chi connectivity index (χ0v) is 15.3. The summed E-state index contributed by atoms with van der Waals surface area (Å²) in [4.78, 5) is 24.3. The van der Waals surface area contributed by atoms with E-state index in [-0.39, 0.29) is 11.1 Å². The van der Waals surface area contributed by atoms with E-state index in [4.69, 9.17) is 4.74 Å². The summed E-state index contributed by atoms with van der Waals surface area (Å²) in [5, 5.41) is 9.98. The fourth-order valence-electron chi connectivity index (χ4n) is 4.42. The highest BCUT2D eigenvalue weighted by atomic mass is 16.5. The van der Waals surface area contributed by atoms with Crippen LogP contribution >= 0.6 is 0 Å². The molecule has 27 heavy (non-hydrogen) atoms. The fourth-order valence-corrected chi connectivity index (χ4v) is 4.42. The summed E-state index contributed by atoms with van der Waals surface area (Å²) in [6.07, 6.45) is 6.37. The molecular weight excluding hydrogens is 344 g/mol. The number of rotatable bonds is 4. The van der Waals surface area contributed by atoms with Gasteiger partial charge in [0.25, 0.3) is 5.56 Å². The molecule has 0 saturated heterocycles. The fraction of sp³-hybridized carbons (Fsp3) is 0.400. The molecule has 0 amide bonds. The van der Waals surface area contributed by atoms with Crippen LogP contribution in [0.3, 0.4) is 0 Å². The van der Waals surface area contributed by atoms with Gasteiger partial charge in [-0.25, -0.2) is 4.68 Å². The zero-order chi connectivity index (χ0) is 18.8. The minimum atomic E-state index is -0.695. The maximum absolute atomic E-state index is 12.5. The van der Waals surface area contributed by atoms with Crippen LogP contribution < -0.4 is 5.56 Å². The van der Waals surface area contributed by atoms with Crippen LogP contribution in [0.25, 0.3) is 10.8 Å². The molecule has 2 heterocycles. The Morgan fingerprint density at radius 2 is 2.04 bits per heavy atom. The predicted molar refractivity (Wildman–Crippen MR) is 98.1 cm³/mol. The van der Waals surface area contributed by atoms with Crippen LogP contribution in [0.2, 0.25) is 0 Å². The molecule has 1 aromatic carbocycles. The topological polar surface area (TPSA) is 79.0 Å². The molecule has 3 aromatic rings. The lowest BCUT2D eigenvalue weighted by molar-refractivity contribution is -0.144. The van der Waals surface area contributed by atoms with Gasteiger partial charge in [-0.15, -0.1) is 5.10 Å². The molecule has 3 saturated carbocycles. The smallest absolute Gasteiger partial charge is 0.303 e. The van der Waals surface area contributed by atoms with Gasteiger partial charge in [0.15, 0.2) is 6.10 Å². The van der Waals surface area contributed by atoms with E-state index < -0.39 is 12.1 Å². The first-order valence-electron chi connectivity index (χ1n) is 9.15. The molecule has 1 unspecified atom stereocenters. The molecule has 6 rings (SSSR count). The van der Waals surface area contributed by atoms with Crippen molar-refractivity contribution in [2.45, 2.75) is 37.8 Å². The van der Waals surface area contributed by atoms with Gasteiger partial charge < -0.3 is 9.30 Å². The number of pyridine rings is 1. The average Bonchev–Trinajstić information content (AvgIpc) is 3.02. The van der Waals surface area contributed by atoms with E-state index in [1.165, 1.54) is 11.5 Å². The van der Waals surface area contributed by atoms with Gasteiger partial charge >= 0.3 is 5.97 Å². The molecule has 2 bridgehead atoms. The van der Waals surface area contributed by atoms with Crippen molar-refractivity contribution in [2.24, 2.45) is 13.0 Å². The average molecular weight is 364 g/mol. The summed E-state index contributed by atoms with van der Waals surface area (Å²) in [6.45, 7) is 1.38. The summed E-state index contributed by atoms with van der Waals surface area (Å²) in [7, 11) is 1.72. The predicted octanol–water partition coefficient (Wildman–Crippen LogP) is 2.29. The van der Waals surface area contributed by atoms with Crippen molar-refractivity contribution in [3.05, 3.63) is 58.3 Å². The Bertz CT molecular complexity index is 1110. The molecule has 7 nitrogen and oxygen atoms in total. The number of esters is 1. The molecule has 2 aromatic heterocycles. The van der Waals surface area contributed by atoms with Crippen LogP contribution in [0.1, 0.15) is 43.5 Å². The Morgan fingerprint density at radius 1 is 1.26 bits per heavy atom. The van der Waals surface area contributed by atoms with E-state index in [1.807, 2.05) is 23.0 Å². The van der Waals surface area contributed by atoms with Gasteiger partial charge in [-0.3, -0.25) is 9.59 Å². The van der Waals surface area contributed by atoms with Gasteiger partial charge in [-0.05, 0) is 42.7 Å². The molecule has 7 heteroatoms. The first-order valence-corrected chi connectivity index (χ1v) is 9.15. The van der Waals surface area contributed by atoms with Gasteiger partial charge in [0.2, 0.25) is 0 Å². The number of ether oxygens (including phenoxy) is 1. The molecule has 138 valence electrons. The number of fused-ring (bicyclic) bond motifs is 1. The maximum atomic E-state index is 12.5. The minimum absolute atomic E-state index is 0.0894. The Kier molecular flexibility index (Phi) is 3.32. The summed E-state index contributed by atoms with van der Waals surface area (Å²) in [6, 6.07) is 7.33. The number of hydrogen-bond acceptors (Lipinski definition) is 5. The third kappa shape index (κ3) is 2.34. The van der Waals surface area contributed by atoms with Crippen molar-refractivity contribution in [3.63, 3.8) is 0 Å². The van der Waals surface area contributed by atoms with Crippen molar-refractivity contribution >= 4 is 16.7 Å². The third-order valence-corrected chi connectivity index (χ3v) is 5.99. The molecule has 0 spiro atoms. The number of hydrogen-bond donors (Lipinski definition) is 0. The monoisotopic (exact) mass is 364 g/mol. The number of carbonyl (C=O) groups is 1. The van der Waals surface area contributed by atoms with E-state index in [9.17, 15) is 9.59 Å².